The van der Waals surface area contributed by atoms with Gasteiger partial charge < -0.3 is 14.4 Å². The van der Waals surface area contributed by atoms with E-state index in [9.17, 15) is 13.2 Å². The second kappa shape index (κ2) is 9.03. The molecule has 170 valence electrons. The van der Waals surface area contributed by atoms with Crippen LogP contribution < -0.4 is 4.74 Å². The highest BCUT2D eigenvalue weighted by Gasteiger charge is 2.26. The Balaban J connectivity index is 1.49. The predicted molar refractivity (Wildman–Crippen MR) is 123 cm³/mol. The zero-order valence-electron chi connectivity index (χ0n) is 18.1. The largest absolute Gasteiger partial charge is 0.473 e. The number of likely N-dealkylation sites (tertiary alicyclic amines) is 1. The predicted octanol–water partition coefficient (Wildman–Crippen LogP) is 4.15. The highest BCUT2D eigenvalue weighted by molar-refractivity contribution is 7.90. The van der Waals surface area contributed by atoms with Crippen molar-refractivity contribution in [1.29, 1.82) is 0 Å². The van der Waals surface area contributed by atoms with Gasteiger partial charge in [-0.3, -0.25) is 0 Å². The smallest absolute Gasteiger partial charge is 0.410 e. The number of aromatic nitrogens is 2. The fourth-order valence-electron chi connectivity index (χ4n) is 3.59. The van der Waals surface area contributed by atoms with E-state index < -0.39 is 9.84 Å². The number of rotatable bonds is 5. The van der Waals surface area contributed by atoms with Gasteiger partial charge in [0.05, 0.1) is 16.5 Å². The molecule has 0 spiro atoms. The van der Waals surface area contributed by atoms with E-state index in [2.05, 4.69) is 9.97 Å². The molecule has 32 heavy (non-hydrogen) atoms. The van der Waals surface area contributed by atoms with E-state index in [1.165, 1.54) is 23.9 Å². The first-order valence-corrected chi connectivity index (χ1v) is 13.1. The van der Waals surface area contributed by atoms with Gasteiger partial charge in [-0.1, -0.05) is 12.1 Å². The first-order chi connectivity index (χ1) is 15.2. The molecule has 2 aromatic heterocycles. The van der Waals surface area contributed by atoms with Crippen molar-refractivity contribution in [2.24, 2.45) is 0 Å². The molecule has 0 N–H and O–H groups in total. The molecule has 1 amide bonds. The molecule has 0 atom stereocenters. The fourth-order valence-corrected chi connectivity index (χ4v) is 5.18. The van der Waals surface area contributed by atoms with Crippen molar-refractivity contribution in [3.05, 3.63) is 36.0 Å². The van der Waals surface area contributed by atoms with E-state index in [0.717, 1.165) is 21.3 Å². The third-order valence-corrected chi connectivity index (χ3v) is 7.32. The first-order valence-electron chi connectivity index (χ1n) is 10.4. The molecule has 3 aromatic rings. The minimum absolute atomic E-state index is 0.0456. The summed E-state index contributed by atoms with van der Waals surface area (Å²) in [5.74, 6) is 0.530. The van der Waals surface area contributed by atoms with Crippen LogP contribution in [0.4, 0.5) is 4.79 Å². The lowest BCUT2D eigenvalue weighted by molar-refractivity contribution is 0.0511. The van der Waals surface area contributed by atoms with Crippen LogP contribution in [0.3, 0.4) is 0 Å². The van der Waals surface area contributed by atoms with Crippen LogP contribution in [0.25, 0.3) is 21.3 Å². The Labute approximate surface area is 191 Å². The molecule has 0 aliphatic carbocycles. The van der Waals surface area contributed by atoms with E-state index in [1.54, 1.807) is 29.2 Å². The molecule has 0 saturated carbocycles. The van der Waals surface area contributed by atoms with Crippen LogP contribution in [-0.2, 0) is 14.6 Å². The minimum Gasteiger partial charge on any atom is -0.473 e. The van der Waals surface area contributed by atoms with Gasteiger partial charge in [0.1, 0.15) is 17.1 Å². The van der Waals surface area contributed by atoms with E-state index >= 15 is 0 Å². The minimum atomic E-state index is -3.24. The summed E-state index contributed by atoms with van der Waals surface area (Å²) < 4.78 is 35.7. The number of piperidine rings is 1. The number of carbonyl (C=O) groups excluding carboxylic acids is 1. The third-order valence-electron chi connectivity index (χ3n) is 5.23. The van der Waals surface area contributed by atoms with Crippen LogP contribution in [-0.4, -0.2) is 60.9 Å². The fraction of sp³-hybridized carbons (Fsp3) is 0.409. The number of sulfone groups is 1. The lowest BCUT2D eigenvalue weighted by atomic mass is 10.1. The molecule has 1 saturated heterocycles. The van der Waals surface area contributed by atoms with Crippen LogP contribution in [0.2, 0.25) is 0 Å². The highest BCUT2D eigenvalue weighted by Crippen LogP contribution is 2.37. The number of fused-ring (bicyclic) bond motifs is 1. The van der Waals surface area contributed by atoms with Crippen molar-refractivity contribution < 1.29 is 22.7 Å². The van der Waals surface area contributed by atoms with Gasteiger partial charge in [0.2, 0.25) is 5.88 Å². The molecule has 4 rings (SSSR count). The monoisotopic (exact) mass is 475 g/mol. The molecule has 3 heterocycles. The number of ether oxygens (including phenoxy) is 2. The van der Waals surface area contributed by atoms with Crippen LogP contribution in [0.1, 0.15) is 26.7 Å². The van der Waals surface area contributed by atoms with Gasteiger partial charge in [0.25, 0.3) is 0 Å². The lowest BCUT2D eigenvalue weighted by Gasteiger charge is -2.31. The molecule has 1 fully saturated rings. The highest BCUT2D eigenvalue weighted by atomic mass is 32.2. The molecular formula is C22H25N3O5S2. The van der Waals surface area contributed by atoms with Gasteiger partial charge >= 0.3 is 6.09 Å². The zero-order valence-corrected chi connectivity index (χ0v) is 19.8. The maximum Gasteiger partial charge on any atom is 0.410 e. The lowest BCUT2D eigenvalue weighted by Crippen LogP contribution is -2.42. The number of amides is 1. The topological polar surface area (TPSA) is 98.7 Å². The third kappa shape index (κ3) is 4.86. The summed E-state index contributed by atoms with van der Waals surface area (Å²) in [4.78, 5) is 22.8. The second-order valence-corrected chi connectivity index (χ2v) is 10.9. The average Bonchev–Trinajstić information content (AvgIpc) is 3.18. The Morgan fingerprint density at radius 1 is 1.16 bits per heavy atom. The first kappa shape index (κ1) is 22.5. The van der Waals surface area contributed by atoms with Crippen molar-refractivity contribution in [1.82, 2.24) is 14.9 Å². The summed E-state index contributed by atoms with van der Waals surface area (Å²) in [6, 6.07) is 6.77. The number of benzene rings is 1. The number of carbonyl (C=O) groups is 1. The second-order valence-electron chi connectivity index (χ2n) is 8.04. The van der Waals surface area contributed by atoms with E-state index in [4.69, 9.17) is 9.47 Å². The van der Waals surface area contributed by atoms with Crippen molar-refractivity contribution in [2.75, 3.05) is 19.3 Å². The number of hydrogen-bond acceptors (Lipinski definition) is 8. The summed E-state index contributed by atoms with van der Waals surface area (Å²) in [6.45, 7) is 4.83. The quantitative estimate of drug-likeness (QED) is 0.547. The Morgan fingerprint density at radius 3 is 2.47 bits per heavy atom. The standard InChI is InChI=1S/C22H25N3O5S2/c1-14(2)29-22(26)25-10-8-16(9-11-25)30-21-20-19(23-13-24-21)18(12-31-20)15-4-6-17(7-5-15)32(3,27)28/h4-7,12-14,16H,8-11H2,1-3H3. The Morgan fingerprint density at radius 2 is 1.84 bits per heavy atom. The van der Waals surface area contributed by atoms with Crippen molar-refractivity contribution in [2.45, 2.75) is 43.8 Å². The van der Waals surface area contributed by atoms with Gasteiger partial charge in [-0.2, -0.15) is 0 Å². The van der Waals surface area contributed by atoms with Gasteiger partial charge in [-0.15, -0.1) is 11.3 Å². The van der Waals surface area contributed by atoms with Crippen molar-refractivity contribution in [3.63, 3.8) is 0 Å². The summed E-state index contributed by atoms with van der Waals surface area (Å²) in [5.41, 5.74) is 2.55. The number of thiophene rings is 1. The average molecular weight is 476 g/mol. The summed E-state index contributed by atoms with van der Waals surface area (Å²) in [5, 5.41) is 1.98. The molecule has 8 nitrogen and oxygen atoms in total. The Hall–Kier alpha value is -2.72. The maximum absolute atomic E-state index is 12.1. The Kier molecular flexibility index (Phi) is 6.34. The molecule has 1 aromatic carbocycles. The van der Waals surface area contributed by atoms with Gasteiger partial charge in [0.15, 0.2) is 9.84 Å². The molecular weight excluding hydrogens is 450 g/mol. The molecule has 0 bridgehead atoms. The molecule has 0 radical (unpaired) electrons. The van der Waals surface area contributed by atoms with E-state index in [1.807, 2.05) is 19.2 Å². The maximum atomic E-state index is 12.1. The molecule has 1 aliphatic heterocycles. The van der Waals surface area contributed by atoms with Crippen molar-refractivity contribution in [3.8, 4) is 17.0 Å². The van der Waals surface area contributed by atoms with E-state index in [-0.39, 0.29) is 23.2 Å². The SMILES string of the molecule is CC(C)OC(=O)N1CCC(Oc2ncnc3c(-c4ccc(S(C)(=O)=O)cc4)csc23)CC1. The van der Waals surface area contributed by atoms with Gasteiger partial charge in [0, 0.05) is 43.1 Å². The van der Waals surface area contributed by atoms with Crippen LogP contribution in [0, 0.1) is 0 Å². The van der Waals surface area contributed by atoms with Crippen LogP contribution in [0.15, 0.2) is 40.9 Å². The van der Waals surface area contributed by atoms with Crippen molar-refractivity contribution >= 4 is 37.5 Å². The van der Waals surface area contributed by atoms with Crippen LogP contribution in [0.5, 0.6) is 5.88 Å². The molecule has 1 aliphatic rings. The number of nitrogens with zero attached hydrogens (tertiary/aromatic N) is 3. The van der Waals surface area contributed by atoms with E-state index in [0.29, 0.717) is 31.8 Å². The summed E-state index contributed by atoms with van der Waals surface area (Å²) in [7, 11) is -3.24. The van der Waals surface area contributed by atoms with Gasteiger partial charge in [-0.05, 0) is 31.5 Å². The normalized spacial score (nSPS) is 15.3. The number of hydrogen-bond donors (Lipinski definition) is 0. The zero-order chi connectivity index (χ0) is 22.9. The molecule has 10 heteroatoms. The summed E-state index contributed by atoms with van der Waals surface area (Å²) in [6.07, 6.45) is 3.60. The van der Waals surface area contributed by atoms with Gasteiger partial charge in [-0.25, -0.2) is 23.2 Å². The Bertz CT molecular complexity index is 1210. The molecule has 0 unspecified atom stereocenters. The van der Waals surface area contributed by atoms with Crippen LogP contribution >= 0.6 is 11.3 Å². The summed E-state index contributed by atoms with van der Waals surface area (Å²) >= 11 is 1.49.